The molecule has 0 aliphatic carbocycles. The minimum absolute atomic E-state index is 0.00193. The molecule has 0 aromatic carbocycles. The highest BCUT2D eigenvalue weighted by molar-refractivity contribution is 8.15. The van der Waals surface area contributed by atoms with Crippen LogP contribution in [0.15, 0.2) is 51.8 Å². The molecule has 19 nitrogen and oxygen atoms in total. The number of methoxy groups -OCH3 is 2. The number of carbonyl (C=O) groups is 3. The van der Waals surface area contributed by atoms with E-state index in [-0.39, 0.29) is 40.3 Å². The average molecular weight is 961 g/mol. The Morgan fingerprint density at radius 2 is 1.02 bits per heavy atom. The quantitative estimate of drug-likeness (QED) is 0.112. The van der Waals surface area contributed by atoms with Gasteiger partial charge in [-0.25, -0.2) is 15.0 Å². The Morgan fingerprint density at radius 1 is 0.585 bits per heavy atom. The first-order chi connectivity index (χ1) is 30.9. The maximum atomic E-state index is 11.7. The van der Waals surface area contributed by atoms with Gasteiger partial charge in [0.2, 0.25) is 0 Å². The third-order valence-electron chi connectivity index (χ3n) is 9.83. The zero-order chi connectivity index (χ0) is 47.8. The zero-order valence-electron chi connectivity index (χ0n) is 37.6. The summed E-state index contributed by atoms with van der Waals surface area (Å²) in [6.07, 6.45) is 4.31. The molecule has 3 aliphatic heterocycles. The molecule has 0 saturated heterocycles. The van der Waals surface area contributed by atoms with Crippen molar-refractivity contribution >= 4 is 67.8 Å². The Labute approximate surface area is 390 Å². The van der Waals surface area contributed by atoms with E-state index in [1.807, 2.05) is 0 Å². The number of Topliss-reactive ketones (excluding diaryl/α,β-unsaturated/α-hetero) is 3. The van der Waals surface area contributed by atoms with Crippen LogP contribution in [-0.4, -0.2) is 169 Å². The van der Waals surface area contributed by atoms with E-state index in [2.05, 4.69) is 29.9 Å². The second-order valence-corrected chi connectivity index (χ2v) is 18.0. The summed E-state index contributed by atoms with van der Waals surface area (Å²) >= 11 is 4.19. The van der Waals surface area contributed by atoms with Gasteiger partial charge in [0.05, 0.1) is 52.0 Å². The van der Waals surface area contributed by atoms with Gasteiger partial charge in [0, 0.05) is 55.9 Å². The highest BCUT2D eigenvalue weighted by Gasteiger charge is 2.39. The summed E-state index contributed by atoms with van der Waals surface area (Å²) in [5, 5.41) is 41.0. The van der Waals surface area contributed by atoms with Crippen molar-refractivity contribution in [2.75, 3.05) is 84.3 Å². The van der Waals surface area contributed by atoms with E-state index in [4.69, 9.17) is 33.5 Å². The minimum Gasteiger partial charge on any atom is -0.506 e. The van der Waals surface area contributed by atoms with E-state index >= 15 is 0 Å². The van der Waals surface area contributed by atoms with Crippen molar-refractivity contribution < 1.29 is 63.2 Å². The maximum absolute atomic E-state index is 11.7. The summed E-state index contributed by atoms with van der Waals surface area (Å²) in [4.78, 5) is 60.3. The molecular formula is C43H56N6O13S3. The van der Waals surface area contributed by atoms with Crippen molar-refractivity contribution in [2.45, 2.75) is 58.2 Å². The second-order valence-electron chi connectivity index (χ2n) is 15.1. The molecule has 3 atom stereocenters. The summed E-state index contributed by atoms with van der Waals surface area (Å²) in [5.41, 5.74) is -1.25. The number of ether oxygens (including phenoxy) is 6. The van der Waals surface area contributed by atoms with Crippen LogP contribution in [0.1, 0.15) is 58.6 Å². The van der Waals surface area contributed by atoms with E-state index in [9.17, 15) is 29.7 Å². The number of hydrogen-bond donors (Lipinski definition) is 4. The first-order valence-electron chi connectivity index (χ1n) is 20.2. The topological polar surface area (TPSA) is 263 Å². The lowest BCUT2D eigenvalue weighted by molar-refractivity contribution is -0.121. The lowest BCUT2D eigenvalue weighted by Gasteiger charge is -2.14. The van der Waals surface area contributed by atoms with Crippen molar-refractivity contribution in [2.24, 2.45) is 15.0 Å². The SMILES string of the molecule is CC(=O)[C@@]1(C)CSC(c2ncc(O)cc2O)=N1.COCCOCCOc1ccnc(C2=N[C@@](C)(C(C)=O)CS2)c1O.COCCOCCOc1cnc(C2=N[C@@](C)(C(C)=O)CS2)c(O)c1. The number of ketones is 3. The van der Waals surface area contributed by atoms with Crippen molar-refractivity contribution in [3.63, 3.8) is 0 Å². The van der Waals surface area contributed by atoms with Crippen molar-refractivity contribution in [3.8, 4) is 34.5 Å². The van der Waals surface area contributed by atoms with Crippen molar-refractivity contribution in [1.82, 2.24) is 15.0 Å². The Kier molecular flexibility index (Phi) is 20.0. The van der Waals surface area contributed by atoms with Gasteiger partial charge in [-0.2, -0.15) is 0 Å². The van der Waals surface area contributed by atoms with Gasteiger partial charge < -0.3 is 48.8 Å². The molecule has 0 radical (unpaired) electrons. The minimum atomic E-state index is -0.764. The number of pyridine rings is 3. The monoisotopic (exact) mass is 960 g/mol. The number of thioether (sulfide) groups is 3. The van der Waals surface area contributed by atoms with Crippen LogP contribution in [0.2, 0.25) is 0 Å². The molecule has 354 valence electrons. The molecular weight excluding hydrogens is 905 g/mol. The Morgan fingerprint density at radius 3 is 1.45 bits per heavy atom. The van der Waals surface area contributed by atoms with Gasteiger partial charge in [-0.05, 0) is 41.5 Å². The molecule has 3 aliphatic rings. The first-order valence-corrected chi connectivity index (χ1v) is 23.2. The molecule has 0 fully saturated rings. The predicted octanol–water partition coefficient (Wildman–Crippen LogP) is 4.67. The molecule has 3 aromatic rings. The van der Waals surface area contributed by atoms with Gasteiger partial charge in [-0.1, -0.05) is 0 Å². The molecule has 3 aromatic heterocycles. The number of rotatable bonds is 20. The summed E-state index contributed by atoms with van der Waals surface area (Å²) in [7, 11) is 3.22. The highest BCUT2D eigenvalue weighted by Crippen LogP contribution is 2.38. The van der Waals surface area contributed by atoms with Crippen LogP contribution < -0.4 is 9.47 Å². The summed E-state index contributed by atoms with van der Waals surface area (Å²) in [5.74, 6) is 2.03. The normalized spacial score (nSPS) is 21.0. The fourth-order valence-corrected chi connectivity index (χ4v) is 9.04. The third kappa shape index (κ3) is 14.8. The van der Waals surface area contributed by atoms with Crippen LogP contribution in [0.5, 0.6) is 34.5 Å². The van der Waals surface area contributed by atoms with E-state index in [0.29, 0.717) is 114 Å². The van der Waals surface area contributed by atoms with E-state index in [0.717, 1.165) is 0 Å². The fourth-order valence-electron chi connectivity index (χ4n) is 5.31. The standard InChI is InChI=1S/2C16H22N2O5S.C11H12N2O3S/c1-11(19)16(2)10-24-15(18-16)14-13(20)8-12(9-17-14)23-7-6-22-5-4-21-3;1-11(19)16(2)10-24-15(18-16)13-14(20)12(4-5-17-13)23-9-8-22-7-6-21-3;1-6(14)11(2)5-17-10(13-11)9-8(16)3-7(15)4-12-9/h8-9,20H,4-7,10H2,1-3H3;4-5,20H,6-10H2,1-3H3;3-4,15-16H,5H2,1-2H3/t2*16-;11-/m111/s1. The maximum Gasteiger partial charge on any atom is 0.186 e. The Bertz CT molecular complexity index is 2250. The Hall–Kier alpha value is -4.84. The number of nitrogens with zero attached hydrogens (tertiary/aromatic N) is 6. The van der Waals surface area contributed by atoms with E-state index < -0.39 is 16.6 Å². The van der Waals surface area contributed by atoms with Gasteiger partial charge in [-0.15, -0.1) is 35.3 Å². The number of aromatic hydroxyl groups is 4. The van der Waals surface area contributed by atoms with Crippen molar-refractivity contribution in [1.29, 1.82) is 0 Å². The van der Waals surface area contributed by atoms with Gasteiger partial charge in [0.1, 0.15) is 85.0 Å². The van der Waals surface area contributed by atoms with E-state index in [1.54, 1.807) is 47.3 Å². The smallest absolute Gasteiger partial charge is 0.186 e. The van der Waals surface area contributed by atoms with Crippen LogP contribution in [0, 0.1) is 0 Å². The second kappa shape index (κ2) is 24.6. The lowest BCUT2D eigenvalue weighted by Crippen LogP contribution is -2.31. The van der Waals surface area contributed by atoms with Gasteiger partial charge >= 0.3 is 0 Å². The molecule has 0 unspecified atom stereocenters. The molecule has 65 heavy (non-hydrogen) atoms. The van der Waals surface area contributed by atoms with Crippen LogP contribution in [0.4, 0.5) is 0 Å². The van der Waals surface area contributed by atoms with Crippen molar-refractivity contribution in [3.05, 3.63) is 53.9 Å². The first kappa shape index (κ1) is 52.8. The third-order valence-corrected chi connectivity index (χ3v) is 13.6. The average Bonchev–Trinajstić information content (AvgIpc) is 3.99. The number of hydrogen-bond acceptors (Lipinski definition) is 22. The molecule has 0 amide bonds. The fraction of sp³-hybridized carbons (Fsp3) is 0.512. The molecule has 0 saturated carbocycles. The molecule has 0 spiro atoms. The Balaban J connectivity index is 0.000000217. The summed E-state index contributed by atoms with van der Waals surface area (Å²) < 4.78 is 31.3. The lowest BCUT2D eigenvalue weighted by atomic mass is 10.0. The van der Waals surface area contributed by atoms with Crippen LogP contribution in [-0.2, 0) is 33.3 Å². The largest absolute Gasteiger partial charge is 0.506 e. The number of carbonyl (C=O) groups excluding carboxylic acids is 3. The van der Waals surface area contributed by atoms with Gasteiger partial charge in [0.15, 0.2) is 28.8 Å². The van der Waals surface area contributed by atoms with Gasteiger partial charge in [-0.3, -0.25) is 29.4 Å². The summed E-state index contributed by atoms with van der Waals surface area (Å²) in [6.45, 7) is 13.4. The van der Waals surface area contributed by atoms with E-state index in [1.165, 1.54) is 80.6 Å². The summed E-state index contributed by atoms with van der Waals surface area (Å²) in [6, 6.07) is 4.27. The highest BCUT2D eigenvalue weighted by atomic mass is 32.2. The molecule has 6 heterocycles. The van der Waals surface area contributed by atoms with Gasteiger partial charge in [0.25, 0.3) is 0 Å². The van der Waals surface area contributed by atoms with Crippen LogP contribution in [0.25, 0.3) is 0 Å². The molecule has 6 rings (SSSR count). The zero-order valence-corrected chi connectivity index (χ0v) is 40.1. The molecule has 0 bridgehead atoms. The van der Waals surface area contributed by atoms with Crippen LogP contribution in [0.3, 0.4) is 0 Å². The molecule has 22 heteroatoms. The number of aliphatic imine (C=N–C) groups is 3. The van der Waals surface area contributed by atoms with Crippen LogP contribution >= 0.6 is 35.3 Å². The molecule has 4 N–H and O–H groups in total. The predicted molar refractivity (Wildman–Crippen MR) is 250 cm³/mol. The number of aromatic nitrogens is 3.